The van der Waals surface area contributed by atoms with E-state index in [0.29, 0.717) is 17.9 Å². The Morgan fingerprint density at radius 3 is 2.85 bits per heavy atom. The van der Waals surface area contributed by atoms with Crippen molar-refractivity contribution < 1.29 is 9.32 Å². The van der Waals surface area contributed by atoms with Crippen molar-refractivity contribution in [2.45, 2.75) is 13.5 Å². The lowest BCUT2D eigenvalue weighted by atomic mass is 10.2. The van der Waals surface area contributed by atoms with Crippen molar-refractivity contribution in [2.24, 2.45) is 0 Å². The van der Waals surface area contributed by atoms with E-state index < -0.39 is 0 Å². The first kappa shape index (κ1) is 14.1. The summed E-state index contributed by atoms with van der Waals surface area (Å²) in [6.07, 6.45) is 0. The van der Waals surface area contributed by atoms with Gasteiger partial charge < -0.3 is 15.6 Å². The van der Waals surface area contributed by atoms with Crippen LogP contribution in [0.15, 0.2) is 34.9 Å². The van der Waals surface area contributed by atoms with Crippen LogP contribution in [0.2, 0.25) is 0 Å². The molecule has 1 aromatic carbocycles. The molecule has 0 aliphatic rings. The molecular formula is C14H18N4O2. The van der Waals surface area contributed by atoms with Gasteiger partial charge in [-0.3, -0.25) is 9.69 Å². The first-order valence-corrected chi connectivity index (χ1v) is 6.29. The number of carbonyl (C=O) groups excluding carboxylic acids is 1. The molecule has 0 saturated heterocycles. The SMILES string of the molecule is Cc1cc(CN(C)CC(=O)Nc2ccccc2N)no1. The van der Waals surface area contributed by atoms with Crippen LogP contribution in [0.5, 0.6) is 0 Å². The number of amides is 1. The number of anilines is 2. The topological polar surface area (TPSA) is 84.4 Å². The van der Waals surface area contributed by atoms with Crippen molar-refractivity contribution in [3.63, 3.8) is 0 Å². The van der Waals surface area contributed by atoms with Gasteiger partial charge in [0.25, 0.3) is 0 Å². The van der Waals surface area contributed by atoms with Gasteiger partial charge in [-0.1, -0.05) is 17.3 Å². The first-order chi connectivity index (χ1) is 9.54. The molecule has 1 aromatic heterocycles. The summed E-state index contributed by atoms with van der Waals surface area (Å²) in [6, 6.07) is 9.02. The normalized spacial score (nSPS) is 10.8. The number of rotatable bonds is 5. The van der Waals surface area contributed by atoms with Gasteiger partial charge in [0, 0.05) is 12.6 Å². The maximum atomic E-state index is 11.9. The van der Waals surface area contributed by atoms with Crippen molar-refractivity contribution in [1.82, 2.24) is 10.1 Å². The fourth-order valence-electron chi connectivity index (χ4n) is 1.87. The lowest BCUT2D eigenvalue weighted by Gasteiger charge is -2.15. The Kier molecular flexibility index (Phi) is 4.37. The number of nitrogens with one attached hydrogen (secondary N) is 1. The van der Waals surface area contributed by atoms with Gasteiger partial charge in [-0.05, 0) is 26.1 Å². The molecule has 0 saturated carbocycles. The molecule has 106 valence electrons. The van der Waals surface area contributed by atoms with Crippen LogP contribution < -0.4 is 11.1 Å². The highest BCUT2D eigenvalue weighted by Crippen LogP contribution is 2.16. The zero-order chi connectivity index (χ0) is 14.5. The maximum absolute atomic E-state index is 11.9. The predicted octanol–water partition coefficient (Wildman–Crippen LogP) is 1.64. The number of nitrogens with two attached hydrogens (primary N) is 1. The second-order valence-corrected chi connectivity index (χ2v) is 4.74. The van der Waals surface area contributed by atoms with Gasteiger partial charge >= 0.3 is 0 Å². The van der Waals surface area contributed by atoms with E-state index in [1.807, 2.05) is 37.1 Å². The molecule has 0 aliphatic heterocycles. The van der Waals surface area contributed by atoms with Crippen LogP contribution in [0.25, 0.3) is 0 Å². The number of aromatic nitrogens is 1. The van der Waals surface area contributed by atoms with Gasteiger partial charge in [-0.2, -0.15) is 0 Å². The average Bonchev–Trinajstić information content (AvgIpc) is 2.77. The minimum atomic E-state index is -0.120. The summed E-state index contributed by atoms with van der Waals surface area (Å²) in [6.45, 7) is 2.64. The van der Waals surface area contributed by atoms with E-state index in [1.165, 1.54) is 0 Å². The minimum Gasteiger partial charge on any atom is -0.397 e. The largest absolute Gasteiger partial charge is 0.397 e. The van der Waals surface area contributed by atoms with Crippen LogP contribution in [-0.4, -0.2) is 29.6 Å². The maximum Gasteiger partial charge on any atom is 0.238 e. The van der Waals surface area contributed by atoms with E-state index in [2.05, 4.69) is 10.5 Å². The molecule has 0 radical (unpaired) electrons. The number of likely N-dealkylation sites (N-methyl/N-ethyl adjacent to an activating group) is 1. The Labute approximate surface area is 117 Å². The lowest BCUT2D eigenvalue weighted by molar-refractivity contribution is -0.117. The quantitative estimate of drug-likeness (QED) is 0.810. The number of aryl methyl sites for hydroxylation is 1. The molecule has 20 heavy (non-hydrogen) atoms. The van der Waals surface area contributed by atoms with Crippen LogP contribution in [0.4, 0.5) is 11.4 Å². The van der Waals surface area contributed by atoms with Crippen LogP contribution in [0, 0.1) is 6.92 Å². The van der Waals surface area contributed by atoms with Crippen LogP contribution >= 0.6 is 0 Å². The molecule has 0 spiro atoms. The molecule has 2 aromatic rings. The number of nitrogen functional groups attached to an aromatic ring is 1. The second-order valence-electron chi connectivity index (χ2n) is 4.74. The van der Waals surface area contributed by atoms with Crippen molar-refractivity contribution >= 4 is 17.3 Å². The Hall–Kier alpha value is -2.34. The summed E-state index contributed by atoms with van der Waals surface area (Å²) in [5.74, 6) is 0.639. The van der Waals surface area contributed by atoms with Gasteiger partial charge in [-0.15, -0.1) is 0 Å². The molecule has 1 heterocycles. The van der Waals surface area contributed by atoms with Gasteiger partial charge in [0.05, 0.1) is 23.6 Å². The Morgan fingerprint density at radius 2 is 2.20 bits per heavy atom. The molecule has 0 bridgehead atoms. The van der Waals surface area contributed by atoms with Crippen molar-refractivity contribution in [1.29, 1.82) is 0 Å². The summed E-state index contributed by atoms with van der Waals surface area (Å²) < 4.78 is 4.99. The summed E-state index contributed by atoms with van der Waals surface area (Å²) in [4.78, 5) is 13.8. The van der Waals surface area contributed by atoms with Crippen molar-refractivity contribution in [3.8, 4) is 0 Å². The number of hydrogen-bond donors (Lipinski definition) is 2. The standard InChI is InChI=1S/C14H18N4O2/c1-10-7-11(17-20-10)8-18(2)9-14(19)16-13-6-4-3-5-12(13)15/h3-7H,8-9,15H2,1-2H3,(H,16,19). The highest BCUT2D eigenvalue weighted by molar-refractivity contribution is 5.95. The molecule has 6 heteroatoms. The van der Waals surface area contributed by atoms with Gasteiger partial charge in [0.1, 0.15) is 5.76 Å². The number of para-hydroxylation sites is 2. The van der Waals surface area contributed by atoms with E-state index in [9.17, 15) is 4.79 Å². The van der Waals surface area contributed by atoms with Gasteiger partial charge in [-0.25, -0.2) is 0 Å². The fraction of sp³-hybridized carbons (Fsp3) is 0.286. The zero-order valence-electron chi connectivity index (χ0n) is 11.6. The van der Waals surface area contributed by atoms with Crippen LogP contribution in [0.1, 0.15) is 11.5 Å². The molecule has 6 nitrogen and oxygen atoms in total. The zero-order valence-corrected chi connectivity index (χ0v) is 11.6. The minimum absolute atomic E-state index is 0.120. The molecule has 0 atom stereocenters. The molecule has 1 amide bonds. The van der Waals surface area contributed by atoms with E-state index in [0.717, 1.165) is 11.5 Å². The first-order valence-electron chi connectivity index (χ1n) is 6.29. The average molecular weight is 274 g/mol. The van der Waals surface area contributed by atoms with E-state index in [1.54, 1.807) is 12.1 Å². The Morgan fingerprint density at radius 1 is 1.45 bits per heavy atom. The molecule has 0 aliphatic carbocycles. The highest BCUT2D eigenvalue weighted by Gasteiger charge is 2.10. The Bertz CT molecular complexity index is 594. The van der Waals surface area contributed by atoms with E-state index in [4.69, 9.17) is 10.3 Å². The monoisotopic (exact) mass is 274 g/mol. The van der Waals surface area contributed by atoms with Crippen LogP contribution in [0.3, 0.4) is 0 Å². The van der Waals surface area contributed by atoms with E-state index >= 15 is 0 Å². The molecule has 0 unspecified atom stereocenters. The number of carbonyl (C=O) groups is 1. The predicted molar refractivity (Wildman–Crippen MR) is 77.1 cm³/mol. The third-order valence-corrected chi connectivity index (χ3v) is 2.76. The second kappa shape index (κ2) is 6.21. The van der Waals surface area contributed by atoms with Crippen LogP contribution in [-0.2, 0) is 11.3 Å². The number of benzene rings is 1. The summed E-state index contributed by atoms with van der Waals surface area (Å²) in [5.41, 5.74) is 7.76. The molecule has 2 rings (SSSR count). The summed E-state index contributed by atoms with van der Waals surface area (Å²) in [7, 11) is 1.85. The third kappa shape index (κ3) is 3.83. The number of hydrogen-bond acceptors (Lipinski definition) is 5. The smallest absolute Gasteiger partial charge is 0.238 e. The van der Waals surface area contributed by atoms with Crippen molar-refractivity contribution in [3.05, 3.63) is 41.8 Å². The number of nitrogens with zero attached hydrogens (tertiary/aromatic N) is 2. The van der Waals surface area contributed by atoms with Gasteiger partial charge in [0.15, 0.2) is 0 Å². The Balaban J connectivity index is 1.86. The molecule has 0 fully saturated rings. The lowest BCUT2D eigenvalue weighted by Crippen LogP contribution is -2.30. The highest BCUT2D eigenvalue weighted by atomic mass is 16.5. The fourth-order valence-corrected chi connectivity index (χ4v) is 1.87. The van der Waals surface area contributed by atoms with Gasteiger partial charge in [0.2, 0.25) is 5.91 Å². The van der Waals surface area contributed by atoms with E-state index in [-0.39, 0.29) is 12.5 Å². The summed E-state index contributed by atoms with van der Waals surface area (Å²) >= 11 is 0. The third-order valence-electron chi connectivity index (χ3n) is 2.76. The van der Waals surface area contributed by atoms with Crippen molar-refractivity contribution in [2.75, 3.05) is 24.6 Å². The molecular weight excluding hydrogens is 256 g/mol. The summed E-state index contributed by atoms with van der Waals surface area (Å²) in [5, 5.41) is 6.68. The molecule has 3 N–H and O–H groups in total.